The second-order valence-corrected chi connectivity index (χ2v) is 7.73. The van der Waals surface area contributed by atoms with Gasteiger partial charge in [0.15, 0.2) is 6.61 Å². The third-order valence-electron chi connectivity index (χ3n) is 3.60. The van der Waals surface area contributed by atoms with Gasteiger partial charge in [-0.1, -0.05) is 27.7 Å². The molecule has 0 aliphatic carbocycles. The first-order valence-electron chi connectivity index (χ1n) is 8.20. The number of nitrogens with one attached hydrogen (secondary N) is 1. The molecule has 28 heavy (non-hydrogen) atoms. The van der Waals surface area contributed by atoms with Crippen LogP contribution < -0.4 is 10.1 Å². The normalized spacial score (nSPS) is 10.3. The monoisotopic (exact) mass is 458 g/mol. The van der Waals surface area contributed by atoms with E-state index in [2.05, 4.69) is 21.2 Å². The zero-order valence-electron chi connectivity index (χ0n) is 14.5. The summed E-state index contributed by atoms with van der Waals surface area (Å²) in [6.07, 6.45) is 0. The van der Waals surface area contributed by atoms with Gasteiger partial charge in [0.2, 0.25) is 0 Å². The van der Waals surface area contributed by atoms with Crippen molar-refractivity contribution in [3.8, 4) is 5.75 Å². The van der Waals surface area contributed by atoms with E-state index < -0.39 is 4.92 Å². The Balaban J connectivity index is 1.51. The van der Waals surface area contributed by atoms with Gasteiger partial charge in [0.05, 0.1) is 4.92 Å². The Morgan fingerprint density at radius 2 is 1.54 bits per heavy atom. The lowest BCUT2D eigenvalue weighted by Crippen LogP contribution is -2.20. The fourth-order valence-corrected chi connectivity index (χ4v) is 3.34. The molecule has 0 fully saturated rings. The van der Waals surface area contributed by atoms with Gasteiger partial charge in [-0.2, -0.15) is 0 Å². The van der Waals surface area contributed by atoms with Gasteiger partial charge < -0.3 is 10.1 Å². The third kappa shape index (κ3) is 5.83. The highest BCUT2D eigenvalue weighted by Crippen LogP contribution is 2.29. The predicted molar refractivity (Wildman–Crippen MR) is 112 cm³/mol. The van der Waals surface area contributed by atoms with Crippen molar-refractivity contribution in [2.24, 2.45) is 0 Å². The molecule has 0 radical (unpaired) electrons. The number of ether oxygens (including phenoxy) is 1. The van der Waals surface area contributed by atoms with Crippen LogP contribution >= 0.6 is 27.7 Å². The standard InChI is InChI=1S/C20H15BrN2O4S/c21-14-1-7-17(8-2-14)27-13-20(24)22-15-3-9-18(10-4-15)28-19-11-5-16(6-12-19)23(25)26/h1-12H,13H2,(H,22,24). The molecular weight excluding hydrogens is 444 g/mol. The molecule has 142 valence electrons. The van der Waals surface area contributed by atoms with Crippen molar-refractivity contribution in [1.82, 2.24) is 0 Å². The third-order valence-corrected chi connectivity index (χ3v) is 5.15. The fourth-order valence-electron chi connectivity index (χ4n) is 2.26. The summed E-state index contributed by atoms with van der Waals surface area (Å²) in [4.78, 5) is 24.1. The van der Waals surface area contributed by atoms with E-state index in [1.165, 1.54) is 23.9 Å². The number of carbonyl (C=O) groups excluding carboxylic acids is 1. The van der Waals surface area contributed by atoms with Gasteiger partial charge >= 0.3 is 0 Å². The van der Waals surface area contributed by atoms with Gasteiger partial charge in [0, 0.05) is 32.1 Å². The first-order chi connectivity index (χ1) is 13.5. The number of nitrogens with zero attached hydrogens (tertiary/aromatic N) is 1. The highest BCUT2D eigenvalue weighted by molar-refractivity contribution is 9.10. The molecule has 3 aromatic rings. The van der Waals surface area contributed by atoms with Crippen LogP contribution in [-0.4, -0.2) is 17.4 Å². The van der Waals surface area contributed by atoms with Gasteiger partial charge in [-0.15, -0.1) is 0 Å². The second-order valence-electron chi connectivity index (χ2n) is 5.67. The van der Waals surface area contributed by atoms with Crippen LogP contribution in [0.3, 0.4) is 0 Å². The minimum absolute atomic E-state index is 0.0627. The van der Waals surface area contributed by atoms with E-state index in [0.29, 0.717) is 11.4 Å². The van der Waals surface area contributed by atoms with E-state index in [1.54, 1.807) is 36.4 Å². The molecule has 3 aromatic carbocycles. The predicted octanol–water partition coefficient (Wildman–Crippen LogP) is 5.53. The number of carbonyl (C=O) groups is 1. The summed E-state index contributed by atoms with van der Waals surface area (Å²) in [6, 6.07) is 20.9. The smallest absolute Gasteiger partial charge is 0.269 e. The molecule has 0 saturated heterocycles. The fraction of sp³-hybridized carbons (Fsp3) is 0.0500. The molecule has 0 aromatic heterocycles. The van der Waals surface area contributed by atoms with E-state index in [0.717, 1.165) is 14.3 Å². The molecule has 8 heteroatoms. The zero-order valence-corrected chi connectivity index (χ0v) is 16.9. The molecule has 0 aliphatic heterocycles. The van der Waals surface area contributed by atoms with Gasteiger partial charge in [-0.05, 0) is 60.7 Å². The van der Waals surface area contributed by atoms with Gasteiger partial charge in [-0.3, -0.25) is 14.9 Å². The summed E-state index contributed by atoms with van der Waals surface area (Å²) in [5, 5.41) is 13.5. The summed E-state index contributed by atoms with van der Waals surface area (Å²) >= 11 is 4.82. The van der Waals surface area contributed by atoms with E-state index in [-0.39, 0.29) is 18.2 Å². The van der Waals surface area contributed by atoms with Crippen LogP contribution in [0.25, 0.3) is 0 Å². The maximum Gasteiger partial charge on any atom is 0.269 e. The Bertz CT molecular complexity index is 961. The number of hydrogen-bond donors (Lipinski definition) is 1. The minimum Gasteiger partial charge on any atom is -0.484 e. The second kappa shape index (κ2) is 9.38. The lowest BCUT2D eigenvalue weighted by Gasteiger charge is -2.08. The maximum atomic E-state index is 12.0. The van der Waals surface area contributed by atoms with Crippen molar-refractivity contribution in [3.05, 3.63) is 87.4 Å². The van der Waals surface area contributed by atoms with Crippen LogP contribution in [-0.2, 0) is 4.79 Å². The van der Waals surface area contributed by atoms with Gasteiger partial charge in [0.25, 0.3) is 11.6 Å². The van der Waals surface area contributed by atoms with Crippen LogP contribution in [0.1, 0.15) is 0 Å². The van der Waals surface area contributed by atoms with Crippen molar-refractivity contribution in [2.45, 2.75) is 9.79 Å². The molecule has 0 unspecified atom stereocenters. The highest BCUT2D eigenvalue weighted by atomic mass is 79.9. The molecular formula is C20H15BrN2O4S. The molecule has 1 N–H and O–H groups in total. The number of hydrogen-bond acceptors (Lipinski definition) is 5. The van der Waals surface area contributed by atoms with Gasteiger partial charge in [-0.25, -0.2) is 0 Å². The molecule has 3 rings (SSSR count). The lowest BCUT2D eigenvalue weighted by atomic mass is 10.3. The average Bonchev–Trinajstić information content (AvgIpc) is 2.69. The molecule has 0 spiro atoms. The Kier molecular flexibility index (Phi) is 6.67. The molecule has 0 aliphatic rings. The van der Waals surface area contributed by atoms with Crippen molar-refractivity contribution in [1.29, 1.82) is 0 Å². The largest absolute Gasteiger partial charge is 0.484 e. The van der Waals surface area contributed by atoms with Gasteiger partial charge in [0.1, 0.15) is 5.75 Å². The Morgan fingerprint density at radius 3 is 2.11 bits per heavy atom. The quantitative estimate of drug-likeness (QED) is 0.371. The van der Waals surface area contributed by atoms with Crippen LogP contribution in [0.15, 0.2) is 87.1 Å². The minimum atomic E-state index is -0.424. The highest BCUT2D eigenvalue weighted by Gasteiger charge is 2.06. The van der Waals surface area contributed by atoms with Crippen molar-refractivity contribution < 1.29 is 14.5 Å². The SMILES string of the molecule is O=C(COc1ccc(Br)cc1)Nc1ccc(Sc2ccc([N+](=O)[O-])cc2)cc1. The molecule has 0 bridgehead atoms. The summed E-state index contributed by atoms with van der Waals surface area (Å²) in [6.45, 7) is -0.0824. The number of rotatable bonds is 7. The van der Waals surface area contributed by atoms with E-state index >= 15 is 0 Å². The number of amides is 1. The first-order valence-corrected chi connectivity index (χ1v) is 9.81. The van der Waals surface area contributed by atoms with Crippen molar-refractivity contribution in [2.75, 3.05) is 11.9 Å². The first kappa shape index (κ1) is 19.9. The number of benzene rings is 3. The topological polar surface area (TPSA) is 81.5 Å². The van der Waals surface area contributed by atoms with Crippen molar-refractivity contribution >= 4 is 45.0 Å². The molecule has 1 amide bonds. The summed E-state index contributed by atoms with van der Waals surface area (Å²) < 4.78 is 6.38. The van der Waals surface area contributed by atoms with Crippen LogP contribution in [0, 0.1) is 10.1 Å². The van der Waals surface area contributed by atoms with Crippen LogP contribution in [0.5, 0.6) is 5.75 Å². The number of nitro groups is 1. The van der Waals surface area contributed by atoms with E-state index in [9.17, 15) is 14.9 Å². The molecule has 0 atom stereocenters. The zero-order chi connectivity index (χ0) is 19.9. The Morgan fingerprint density at radius 1 is 0.964 bits per heavy atom. The Labute approximate surface area is 174 Å². The number of anilines is 1. The molecule has 0 saturated carbocycles. The maximum absolute atomic E-state index is 12.0. The lowest BCUT2D eigenvalue weighted by molar-refractivity contribution is -0.384. The number of non-ortho nitro benzene ring substituents is 1. The van der Waals surface area contributed by atoms with Crippen LogP contribution in [0.2, 0.25) is 0 Å². The van der Waals surface area contributed by atoms with E-state index in [4.69, 9.17) is 4.74 Å². The molecule has 0 heterocycles. The number of nitro benzene ring substituents is 1. The van der Waals surface area contributed by atoms with Crippen molar-refractivity contribution in [3.63, 3.8) is 0 Å². The summed E-state index contributed by atoms with van der Waals surface area (Å²) in [5.41, 5.74) is 0.727. The Hall–Kier alpha value is -2.84. The van der Waals surface area contributed by atoms with Crippen LogP contribution in [0.4, 0.5) is 11.4 Å². The van der Waals surface area contributed by atoms with E-state index in [1.807, 2.05) is 24.3 Å². The molecule has 6 nitrogen and oxygen atoms in total. The summed E-state index contributed by atoms with van der Waals surface area (Å²) in [7, 11) is 0. The number of halogens is 1. The summed E-state index contributed by atoms with van der Waals surface area (Å²) in [5.74, 6) is 0.367. The average molecular weight is 459 g/mol.